The second-order valence-corrected chi connectivity index (χ2v) is 13.3. The van der Waals surface area contributed by atoms with E-state index in [-0.39, 0.29) is 24.6 Å². The number of hydrogen-bond donors (Lipinski definition) is 3. The molecular weight excluding hydrogens is 620 g/mol. The monoisotopic (exact) mass is 664 g/mol. The number of amides is 3. The number of carboxylic acids is 1. The van der Waals surface area contributed by atoms with Crippen LogP contribution in [0.1, 0.15) is 70.3 Å². The smallest absolute Gasteiger partial charge is 0.330 e. The molecule has 3 amide bonds. The highest BCUT2D eigenvalue weighted by atomic mass is 16.5. The Balaban J connectivity index is 1.42. The van der Waals surface area contributed by atoms with E-state index in [0.717, 1.165) is 53.4 Å². The zero-order valence-corrected chi connectivity index (χ0v) is 28.0. The SMILES string of the molecule is C=C[C@@H]1CC[C@]1(NC(=O)C1=C[C@@H]2CN1C(=O)[C@H](CCCC)NC(=O)CCCCCc1ccc3nc(-c4ccccc4)cc(c3c1)O2)C(=O)O. The third kappa shape index (κ3) is 7.09. The predicted molar refractivity (Wildman–Crippen MR) is 186 cm³/mol. The Hall–Kier alpha value is -4.99. The molecule has 2 aliphatic heterocycles. The molecule has 4 atom stereocenters. The Labute approximate surface area is 286 Å². The van der Waals surface area contributed by atoms with E-state index >= 15 is 0 Å². The molecule has 256 valence electrons. The second kappa shape index (κ2) is 14.6. The van der Waals surface area contributed by atoms with E-state index in [2.05, 4.69) is 29.3 Å². The minimum atomic E-state index is -1.51. The summed E-state index contributed by atoms with van der Waals surface area (Å²) in [5, 5.41) is 16.7. The van der Waals surface area contributed by atoms with Crippen LogP contribution in [0.5, 0.6) is 5.75 Å². The number of fused-ring (bicyclic) bond motifs is 3. The van der Waals surface area contributed by atoms with Crippen molar-refractivity contribution >= 4 is 34.6 Å². The summed E-state index contributed by atoms with van der Waals surface area (Å²) in [6, 6.07) is 17.0. The van der Waals surface area contributed by atoms with Crippen LogP contribution in [0, 0.1) is 5.92 Å². The molecule has 3 aromatic rings. The number of unbranched alkanes of at least 4 members (excludes halogenated alkanes) is 1. The molecule has 6 rings (SSSR count). The van der Waals surface area contributed by atoms with Gasteiger partial charge in [-0.15, -0.1) is 6.58 Å². The molecule has 49 heavy (non-hydrogen) atoms. The van der Waals surface area contributed by atoms with Gasteiger partial charge in [0, 0.05) is 29.4 Å². The van der Waals surface area contributed by atoms with Crippen LogP contribution in [0.3, 0.4) is 0 Å². The summed E-state index contributed by atoms with van der Waals surface area (Å²) in [5.74, 6) is -2.35. The van der Waals surface area contributed by atoms with E-state index in [1.807, 2.05) is 49.4 Å². The Bertz CT molecular complexity index is 1790. The van der Waals surface area contributed by atoms with Gasteiger partial charge in [0.25, 0.3) is 5.91 Å². The van der Waals surface area contributed by atoms with Gasteiger partial charge in [-0.25, -0.2) is 9.78 Å². The van der Waals surface area contributed by atoms with Gasteiger partial charge in [0.15, 0.2) is 0 Å². The van der Waals surface area contributed by atoms with Gasteiger partial charge < -0.3 is 25.4 Å². The van der Waals surface area contributed by atoms with Crippen molar-refractivity contribution in [1.29, 1.82) is 0 Å². The molecule has 2 aromatic carbocycles. The van der Waals surface area contributed by atoms with Crippen molar-refractivity contribution in [3.05, 3.63) is 84.6 Å². The third-order valence-corrected chi connectivity index (χ3v) is 10.0. The Morgan fingerprint density at radius 1 is 1.12 bits per heavy atom. The van der Waals surface area contributed by atoms with Gasteiger partial charge in [0.1, 0.15) is 29.1 Å². The van der Waals surface area contributed by atoms with Gasteiger partial charge in [0.05, 0.1) is 17.8 Å². The summed E-state index contributed by atoms with van der Waals surface area (Å²) in [6.07, 6.45) is 8.72. The third-order valence-electron chi connectivity index (χ3n) is 10.0. The number of ether oxygens (including phenoxy) is 1. The quantitative estimate of drug-likeness (QED) is 0.263. The predicted octanol–water partition coefficient (Wildman–Crippen LogP) is 5.70. The molecule has 4 bridgehead atoms. The standard InChI is InChI=1S/C39H44N4O6/c1-3-5-15-31-37(46)43-24-28(22-33(43)36(45)42-39(38(47)48)20-19-27(39)4-2)49-34-23-32(26-13-9-7-10-14-26)40-30-18-17-25(21-29(30)34)12-8-6-11-16-35(44)41-31/h4,7,9-10,13-14,17-18,21-23,27-28,31H,2-3,5-6,8,11-12,15-16,19-20,24H2,1H3,(H,41,44)(H,42,45)(H,47,48)/t27-,28-,31+,39-/m1/s1. The minimum absolute atomic E-state index is 0.00420. The van der Waals surface area contributed by atoms with Crippen LogP contribution in [-0.4, -0.2) is 62.9 Å². The number of benzene rings is 2. The number of carboxylic acid groups (broad SMARTS) is 1. The Morgan fingerprint density at radius 3 is 2.63 bits per heavy atom. The number of pyridine rings is 1. The van der Waals surface area contributed by atoms with Gasteiger partial charge in [-0.05, 0) is 62.3 Å². The number of carbonyl (C=O) groups excluding carboxylic acids is 3. The van der Waals surface area contributed by atoms with Crippen LogP contribution in [0.4, 0.5) is 0 Å². The van der Waals surface area contributed by atoms with Crippen molar-refractivity contribution < 1.29 is 29.0 Å². The fraction of sp³-hybridized carbons (Fsp3) is 0.410. The minimum Gasteiger partial charge on any atom is -0.484 e. The van der Waals surface area contributed by atoms with E-state index in [1.165, 1.54) is 4.90 Å². The van der Waals surface area contributed by atoms with E-state index in [4.69, 9.17) is 9.72 Å². The average molecular weight is 665 g/mol. The van der Waals surface area contributed by atoms with Crippen molar-refractivity contribution in [2.45, 2.75) is 88.8 Å². The number of nitrogens with one attached hydrogen (secondary N) is 2. The maximum Gasteiger partial charge on any atom is 0.330 e. The largest absolute Gasteiger partial charge is 0.484 e. The second-order valence-electron chi connectivity index (χ2n) is 13.3. The van der Waals surface area contributed by atoms with Crippen LogP contribution in [0.25, 0.3) is 22.2 Å². The highest BCUT2D eigenvalue weighted by molar-refractivity contribution is 6.02. The molecule has 0 unspecified atom stereocenters. The van der Waals surface area contributed by atoms with Crippen molar-refractivity contribution in [2.75, 3.05) is 6.54 Å². The van der Waals surface area contributed by atoms with E-state index in [0.29, 0.717) is 37.9 Å². The van der Waals surface area contributed by atoms with Crippen molar-refractivity contribution in [3.63, 3.8) is 0 Å². The lowest BCUT2D eigenvalue weighted by Gasteiger charge is -2.45. The van der Waals surface area contributed by atoms with Gasteiger partial charge >= 0.3 is 5.97 Å². The lowest BCUT2D eigenvalue weighted by molar-refractivity contribution is -0.154. The zero-order chi connectivity index (χ0) is 34.5. The average Bonchev–Trinajstić information content (AvgIpc) is 3.52. The number of carbonyl (C=O) groups is 4. The zero-order valence-electron chi connectivity index (χ0n) is 28.0. The number of hydrogen-bond acceptors (Lipinski definition) is 6. The van der Waals surface area contributed by atoms with Gasteiger partial charge in [-0.1, -0.05) is 68.7 Å². The van der Waals surface area contributed by atoms with Crippen molar-refractivity contribution in [2.24, 2.45) is 5.92 Å². The molecule has 3 heterocycles. The number of aryl methyl sites for hydroxylation is 1. The first-order valence-corrected chi connectivity index (χ1v) is 17.4. The van der Waals surface area contributed by atoms with Gasteiger partial charge in [0.2, 0.25) is 11.8 Å². The molecule has 1 aliphatic carbocycles. The summed E-state index contributed by atoms with van der Waals surface area (Å²) in [5.41, 5.74) is 2.00. The maximum absolute atomic E-state index is 14.3. The summed E-state index contributed by atoms with van der Waals surface area (Å²) in [6.45, 7) is 5.79. The first kappa shape index (κ1) is 33.9. The molecule has 1 saturated carbocycles. The topological polar surface area (TPSA) is 138 Å². The number of nitrogens with zero attached hydrogens (tertiary/aromatic N) is 2. The highest BCUT2D eigenvalue weighted by Crippen LogP contribution is 2.40. The van der Waals surface area contributed by atoms with Gasteiger partial charge in [-0.2, -0.15) is 0 Å². The van der Waals surface area contributed by atoms with Crippen LogP contribution in [0.2, 0.25) is 0 Å². The molecule has 10 nitrogen and oxygen atoms in total. The molecule has 0 saturated heterocycles. The Kier molecular flexibility index (Phi) is 10.1. The van der Waals surface area contributed by atoms with E-state index in [1.54, 1.807) is 12.2 Å². The number of rotatable bonds is 8. The molecule has 10 heteroatoms. The number of aliphatic carboxylic acids is 1. The van der Waals surface area contributed by atoms with Gasteiger partial charge in [-0.3, -0.25) is 14.4 Å². The first-order chi connectivity index (χ1) is 23.7. The number of aromatic nitrogens is 1. The van der Waals surface area contributed by atoms with Crippen LogP contribution >= 0.6 is 0 Å². The highest BCUT2D eigenvalue weighted by Gasteiger charge is 2.54. The van der Waals surface area contributed by atoms with Crippen molar-refractivity contribution in [1.82, 2.24) is 20.5 Å². The molecular formula is C39H44N4O6. The molecule has 3 aliphatic rings. The normalized spacial score (nSPS) is 24.3. The summed E-state index contributed by atoms with van der Waals surface area (Å²) in [7, 11) is 0. The molecule has 3 N–H and O–H groups in total. The fourth-order valence-electron chi connectivity index (χ4n) is 7.06. The molecule has 0 radical (unpaired) electrons. The molecule has 1 aromatic heterocycles. The molecule has 1 fully saturated rings. The maximum atomic E-state index is 14.3. The van der Waals surface area contributed by atoms with Crippen LogP contribution < -0.4 is 15.4 Å². The van der Waals surface area contributed by atoms with Crippen LogP contribution in [-0.2, 0) is 25.6 Å². The summed E-state index contributed by atoms with van der Waals surface area (Å²) >= 11 is 0. The Morgan fingerprint density at radius 2 is 1.92 bits per heavy atom. The lowest BCUT2D eigenvalue weighted by Crippen LogP contribution is -2.65. The molecule has 0 spiro atoms. The van der Waals surface area contributed by atoms with E-state index in [9.17, 15) is 24.3 Å². The van der Waals surface area contributed by atoms with Crippen LogP contribution in [0.15, 0.2) is 79.0 Å². The van der Waals surface area contributed by atoms with Crippen molar-refractivity contribution in [3.8, 4) is 17.0 Å². The van der Waals surface area contributed by atoms with E-state index < -0.39 is 41.4 Å². The first-order valence-electron chi connectivity index (χ1n) is 17.4. The lowest BCUT2D eigenvalue weighted by atomic mass is 9.66. The summed E-state index contributed by atoms with van der Waals surface area (Å²) < 4.78 is 6.68. The fourth-order valence-corrected chi connectivity index (χ4v) is 7.06. The summed E-state index contributed by atoms with van der Waals surface area (Å²) in [4.78, 5) is 60.1.